The van der Waals surface area contributed by atoms with E-state index in [4.69, 9.17) is 0 Å². The second-order valence-electron chi connectivity index (χ2n) is 6.98. The van der Waals surface area contributed by atoms with Crippen LogP contribution in [0.4, 0.5) is 18.9 Å². The highest BCUT2D eigenvalue weighted by Crippen LogP contribution is 2.36. The van der Waals surface area contributed by atoms with Gasteiger partial charge in [-0.15, -0.1) is 0 Å². The van der Waals surface area contributed by atoms with Gasteiger partial charge in [0.15, 0.2) is 0 Å². The molecule has 11 heteroatoms. The largest absolute Gasteiger partial charge is 0.506 e. The SMILES string of the molecule is O=C1CN(c2cc3cc(C(F)CCC(O)(CF)CF)ccc3cc2O)S(=O)(=O)N1. The molecule has 1 aliphatic rings. The number of alkyl halides is 3. The first-order valence-corrected chi connectivity index (χ1v) is 10.1. The van der Waals surface area contributed by atoms with Crippen LogP contribution >= 0.6 is 0 Å². The van der Waals surface area contributed by atoms with E-state index in [-0.39, 0.29) is 23.4 Å². The Kier molecular flexibility index (Phi) is 5.63. The summed E-state index contributed by atoms with van der Waals surface area (Å²) in [4.78, 5) is 11.4. The highest BCUT2D eigenvalue weighted by atomic mass is 32.2. The van der Waals surface area contributed by atoms with Crippen molar-refractivity contribution < 1.29 is 36.6 Å². The standard InChI is InChI=1S/C18H19F3N2O5S/c19-9-18(26,10-20)4-3-14(21)12-2-1-11-7-16(24)15(6-13(11)5-12)23-8-17(25)22-29(23,27)28/h1-2,5-7,14,24,26H,3-4,8-10H2,(H,22,25). The number of amides is 1. The Hall–Kier alpha value is -2.53. The number of benzene rings is 2. The first-order chi connectivity index (χ1) is 13.6. The molecule has 0 aliphatic carbocycles. The molecule has 2 aromatic rings. The van der Waals surface area contributed by atoms with E-state index in [9.17, 15) is 36.6 Å². The molecule has 0 bridgehead atoms. The Morgan fingerprint density at radius 3 is 2.45 bits per heavy atom. The fourth-order valence-corrected chi connectivity index (χ4v) is 4.23. The molecule has 29 heavy (non-hydrogen) atoms. The highest BCUT2D eigenvalue weighted by molar-refractivity contribution is 7.92. The summed E-state index contributed by atoms with van der Waals surface area (Å²) in [5.41, 5.74) is -2.20. The van der Waals surface area contributed by atoms with E-state index in [1.807, 2.05) is 0 Å². The Morgan fingerprint density at radius 2 is 1.86 bits per heavy atom. The summed E-state index contributed by atoms with van der Waals surface area (Å²) in [6, 6.07) is 6.92. The van der Waals surface area contributed by atoms with Gasteiger partial charge in [0.25, 0.3) is 5.91 Å². The number of phenols is 1. The molecule has 2 aromatic carbocycles. The summed E-state index contributed by atoms with van der Waals surface area (Å²) >= 11 is 0. The van der Waals surface area contributed by atoms with Crippen LogP contribution in [0.3, 0.4) is 0 Å². The van der Waals surface area contributed by atoms with Crippen molar-refractivity contribution in [2.24, 2.45) is 0 Å². The number of halogens is 3. The minimum atomic E-state index is -4.14. The van der Waals surface area contributed by atoms with Crippen LogP contribution in [0.15, 0.2) is 30.3 Å². The molecule has 0 aromatic heterocycles. The van der Waals surface area contributed by atoms with Gasteiger partial charge in [-0.3, -0.25) is 4.79 Å². The summed E-state index contributed by atoms with van der Waals surface area (Å²) in [6.45, 7) is -3.15. The van der Waals surface area contributed by atoms with Crippen molar-refractivity contribution in [2.75, 3.05) is 24.2 Å². The van der Waals surface area contributed by atoms with Crippen LogP contribution in [0.25, 0.3) is 10.8 Å². The lowest BCUT2D eigenvalue weighted by Crippen LogP contribution is -2.34. The van der Waals surface area contributed by atoms with Crippen LogP contribution in [0.2, 0.25) is 0 Å². The minimum Gasteiger partial charge on any atom is -0.506 e. The van der Waals surface area contributed by atoms with Crippen molar-refractivity contribution >= 4 is 32.6 Å². The smallest absolute Gasteiger partial charge is 0.326 e. The molecule has 1 saturated heterocycles. The van der Waals surface area contributed by atoms with E-state index in [0.717, 1.165) is 0 Å². The normalized spacial score (nSPS) is 17.5. The molecule has 7 nitrogen and oxygen atoms in total. The Balaban J connectivity index is 1.91. The zero-order valence-corrected chi connectivity index (χ0v) is 15.9. The third-order valence-corrected chi connectivity index (χ3v) is 6.16. The lowest BCUT2D eigenvalue weighted by atomic mass is 9.95. The van der Waals surface area contributed by atoms with Gasteiger partial charge in [0.2, 0.25) is 0 Å². The van der Waals surface area contributed by atoms with Crippen LogP contribution in [0.1, 0.15) is 24.6 Å². The molecular formula is C18H19F3N2O5S. The van der Waals surface area contributed by atoms with Gasteiger partial charge in [0, 0.05) is 0 Å². The summed E-state index contributed by atoms with van der Waals surface area (Å²) in [5.74, 6) is -1.13. The van der Waals surface area contributed by atoms with Crippen molar-refractivity contribution in [3.05, 3.63) is 35.9 Å². The molecule has 1 atom stereocenters. The van der Waals surface area contributed by atoms with Gasteiger partial charge in [-0.2, -0.15) is 8.42 Å². The molecule has 0 spiro atoms. The van der Waals surface area contributed by atoms with E-state index < -0.39 is 54.2 Å². The second kappa shape index (κ2) is 7.71. The lowest BCUT2D eigenvalue weighted by molar-refractivity contribution is -0.117. The molecule has 1 amide bonds. The number of rotatable bonds is 7. The zero-order chi connectivity index (χ0) is 21.4. The number of carbonyl (C=O) groups is 1. The summed E-state index contributed by atoms with van der Waals surface area (Å²) in [6.07, 6.45) is -2.36. The number of phenolic OH excluding ortho intramolecular Hbond substituents is 1. The second-order valence-corrected chi connectivity index (χ2v) is 8.58. The molecule has 1 fully saturated rings. The van der Waals surface area contributed by atoms with Gasteiger partial charge < -0.3 is 10.2 Å². The quantitative estimate of drug-likeness (QED) is 0.622. The number of aromatic hydroxyl groups is 1. The van der Waals surface area contributed by atoms with Crippen LogP contribution in [-0.2, 0) is 15.0 Å². The van der Waals surface area contributed by atoms with Crippen molar-refractivity contribution in [2.45, 2.75) is 24.6 Å². The Morgan fingerprint density at radius 1 is 1.17 bits per heavy atom. The molecule has 0 radical (unpaired) electrons. The molecule has 3 rings (SSSR count). The maximum atomic E-state index is 14.6. The van der Waals surface area contributed by atoms with E-state index >= 15 is 0 Å². The van der Waals surface area contributed by atoms with Crippen molar-refractivity contribution in [3.8, 4) is 5.75 Å². The van der Waals surface area contributed by atoms with E-state index in [2.05, 4.69) is 0 Å². The molecule has 1 heterocycles. The molecular weight excluding hydrogens is 413 g/mol. The molecule has 158 valence electrons. The van der Waals surface area contributed by atoms with Gasteiger partial charge in [0.05, 0.1) is 5.69 Å². The molecule has 1 unspecified atom stereocenters. The number of nitrogens with one attached hydrogen (secondary N) is 1. The number of aliphatic hydroxyl groups is 1. The predicted octanol–water partition coefficient (Wildman–Crippen LogP) is 2.19. The van der Waals surface area contributed by atoms with Gasteiger partial charge in [-0.25, -0.2) is 22.2 Å². The van der Waals surface area contributed by atoms with E-state index in [1.54, 1.807) is 4.72 Å². The third-order valence-electron chi connectivity index (χ3n) is 4.77. The maximum Gasteiger partial charge on any atom is 0.326 e. The third kappa shape index (κ3) is 4.25. The van der Waals surface area contributed by atoms with Crippen LogP contribution in [-0.4, -0.2) is 50.0 Å². The van der Waals surface area contributed by atoms with Gasteiger partial charge >= 0.3 is 10.2 Å². The summed E-state index contributed by atoms with van der Waals surface area (Å²) in [5, 5.41) is 20.7. The van der Waals surface area contributed by atoms with Crippen LogP contribution in [0.5, 0.6) is 5.75 Å². The number of hydrogen-bond acceptors (Lipinski definition) is 5. The number of anilines is 1. The fraction of sp³-hybridized carbons (Fsp3) is 0.389. The molecule has 1 aliphatic heterocycles. The number of hydrogen-bond donors (Lipinski definition) is 3. The zero-order valence-electron chi connectivity index (χ0n) is 15.1. The number of fused-ring (bicyclic) bond motifs is 1. The van der Waals surface area contributed by atoms with Gasteiger partial charge in [0.1, 0.15) is 37.4 Å². The maximum absolute atomic E-state index is 14.6. The number of nitrogens with zero attached hydrogens (tertiary/aromatic N) is 1. The van der Waals surface area contributed by atoms with E-state index in [0.29, 0.717) is 15.1 Å². The lowest BCUT2D eigenvalue weighted by Gasteiger charge is -2.22. The summed E-state index contributed by atoms with van der Waals surface area (Å²) in [7, 11) is -4.14. The first-order valence-electron chi connectivity index (χ1n) is 8.67. The average molecular weight is 432 g/mol. The van der Waals surface area contributed by atoms with Crippen molar-refractivity contribution in [1.29, 1.82) is 0 Å². The van der Waals surface area contributed by atoms with E-state index in [1.165, 1.54) is 30.3 Å². The predicted molar refractivity (Wildman–Crippen MR) is 100 cm³/mol. The van der Waals surface area contributed by atoms with Gasteiger partial charge in [-0.1, -0.05) is 12.1 Å². The Bertz CT molecular complexity index is 1040. The number of carbonyl (C=O) groups excluding carboxylic acids is 1. The minimum absolute atomic E-state index is 0.146. The van der Waals surface area contributed by atoms with Crippen LogP contribution in [0, 0.1) is 0 Å². The van der Waals surface area contributed by atoms with Crippen LogP contribution < -0.4 is 9.03 Å². The Labute approximate surface area is 164 Å². The summed E-state index contributed by atoms with van der Waals surface area (Å²) < 4.78 is 66.5. The molecule has 0 saturated carbocycles. The molecule has 3 N–H and O–H groups in total. The highest BCUT2D eigenvalue weighted by Gasteiger charge is 2.35. The average Bonchev–Trinajstić information content (AvgIpc) is 2.96. The first kappa shape index (κ1) is 21.2. The van der Waals surface area contributed by atoms with Gasteiger partial charge in [-0.05, 0) is 47.4 Å². The van der Waals surface area contributed by atoms with Crippen molar-refractivity contribution in [1.82, 2.24) is 4.72 Å². The monoisotopic (exact) mass is 432 g/mol. The topological polar surface area (TPSA) is 107 Å². The fourth-order valence-electron chi connectivity index (χ4n) is 3.08. The van der Waals surface area contributed by atoms with Crippen molar-refractivity contribution in [3.63, 3.8) is 0 Å².